The summed E-state index contributed by atoms with van der Waals surface area (Å²) in [6.07, 6.45) is -8.86. The summed E-state index contributed by atoms with van der Waals surface area (Å²) in [5.74, 6) is -0.562. The Morgan fingerprint density at radius 3 is 1.97 bits per heavy atom. The Morgan fingerprint density at radius 1 is 0.903 bits per heavy atom. The minimum Gasteiger partial charge on any atom is -0.309 e. The van der Waals surface area contributed by atoms with Gasteiger partial charge in [0.2, 0.25) is 0 Å². The van der Waals surface area contributed by atoms with E-state index in [-0.39, 0.29) is 22.9 Å². The second kappa shape index (κ2) is 7.62. The molecular weight excluding hydrogens is 450 g/mol. The van der Waals surface area contributed by atoms with Crippen LogP contribution in [0, 0.1) is 0 Å². The minimum atomic E-state index is -4.81. The number of hydrogen-bond acceptors (Lipinski definition) is 5. The molecule has 2 aromatic heterocycles. The zero-order chi connectivity index (χ0) is 23.2. The Bertz CT molecular complexity index is 1220. The van der Waals surface area contributed by atoms with Crippen LogP contribution in [0.1, 0.15) is 18.1 Å². The Balaban J connectivity index is 2.14. The van der Waals surface area contributed by atoms with Crippen LogP contribution in [0.2, 0.25) is 0 Å². The lowest BCUT2D eigenvalue weighted by Gasteiger charge is -2.12. The molecule has 1 aromatic carbocycles. The Labute approximate surface area is 172 Å². The number of hydrogen-bond donors (Lipinski definition) is 0. The average molecular weight is 464 g/mol. The van der Waals surface area contributed by atoms with E-state index >= 15 is 0 Å². The van der Waals surface area contributed by atoms with Gasteiger partial charge in [0.1, 0.15) is 5.69 Å². The smallest absolute Gasteiger partial charge is 0.309 e. The van der Waals surface area contributed by atoms with Crippen LogP contribution in [0.25, 0.3) is 22.9 Å². The van der Waals surface area contributed by atoms with Gasteiger partial charge in [-0.3, -0.25) is 4.98 Å². The maximum Gasteiger partial charge on any atom is 0.417 e. The first-order chi connectivity index (χ1) is 14.3. The lowest BCUT2D eigenvalue weighted by molar-refractivity contribution is -0.138. The first kappa shape index (κ1) is 22.7. The van der Waals surface area contributed by atoms with Crippen LogP contribution in [0.4, 0.5) is 26.3 Å². The van der Waals surface area contributed by atoms with Crippen molar-refractivity contribution >= 4 is 9.84 Å². The highest BCUT2D eigenvalue weighted by atomic mass is 32.2. The Hall–Kier alpha value is -2.96. The van der Waals surface area contributed by atoms with E-state index < -0.39 is 44.0 Å². The lowest BCUT2D eigenvalue weighted by atomic mass is 10.1. The molecule has 13 heteroatoms. The molecule has 0 N–H and O–H groups in total. The largest absolute Gasteiger partial charge is 0.417 e. The third-order valence-corrected chi connectivity index (χ3v) is 6.19. The fourth-order valence-corrected chi connectivity index (χ4v) is 3.81. The van der Waals surface area contributed by atoms with Gasteiger partial charge in [0.05, 0.1) is 21.8 Å². The molecule has 0 aliphatic heterocycles. The molecule has 0 aliphatic carbocycles. The molecular formula is C18H14F6N4O2S. The number of alkyl halides is 6. The highest BCUT2D eigenvalue weighted by Gasteiger charge is 2.34. The molecule has 0 unspecified atom stereocenters. The molecule has 31 heavy (non-hydrogen) atoms. The van der Waals surface area contributed by atoms with Crippen LogP contribution in [0.5, 0.6) is 0 Å². The second-order valence-electron chi connectivity index (χ2n) is 6.45. The minimum absolute atomic E-state index is 0.0743. The SMILES string of the molecule is CCS(=O)(=O)c1cc(C(F)(F)F)cnc1-c1nnc(-c2ccc(C(F)(F)F)cc2)n1C. The molecule has 0 fully saturated rings. The summed E-state index contributed by atoms with van der Waals surface area (Å²) < 4.78 is 104. The topological polar surface area (TPSA) is 77.7 Å². The monoisotopic (exact) mass is 464 g/mol. The van der Waals surface area contributed by atoms with Crippen molar-refractivity contribution in [3.8, 4) is 22.9 Å². The Kier molecular flexibility index (Phi) is 5.59. The van der Waals surface area contributed by atoms with Crippen LogP contribution in [0.15, 0.2) is 41.4 Å². The molecule has 0 atom stereocenters. The van der Waals surface area contributed by atoms with Gasteiger partial charge in [-0.25, -0.2) is 8.42 Å². The average Bonchev–Trinajstić information content (AvgIpc) is 3.07. The summed E-state index contributed by atoms with van der Waals surface area (Å²) >= 11 is 0. The van der Waals surface area contributed by atoms with Gasteiger partial charge < -0.3 is 4.57 Å². The lowest BCUT2D eigenvalue weighted by Crippen LogP contribution is -2.13. The van der Waals surface area contributed by atoms with Crippen molar-refractivity contribution in [2.45, 2.75) is 24.2 Å². The van der Waals surface area contributed by atoms with Gasteiger partial charge in [-0.05, 0) is 18.2 Å². The van der Waals surface area contributed by atoms with E-state index in [4.69, 9.17) is 0 Å². The third kappa shape index (κ3) is 4.40. The zero-order valence-corrected chi connectivity index (χ0v) is 16.8. The van der Waals surface area contributed by atoms with Gasteiger partial charge in [-0.1, -0.05) is 19.1 Å². The molecule has 0 spiro atoms. The van der Waals surface area contributed by atoms with Crippen molar-refractivity contribution in [3.05, 3.63) is 47.7 Å². The van der Waals surface area contributed by atoms with Crippen molar-refractivity contribution in [2.75, 3.05) is 5.75 Å². The molecule has 6 nitrogen and oxygen atoms in total. The highest BCUT2D eigenvalue weighted by molar-refractivity contribution is 7.91. The van der Waals surface area contributed by atoms with Crippen LogP contribution in [-0.4, -0.2) is 33.9 Å². The van der Waals surface area contributed by atoms with Gasteiger partial charge in [-0.15, -0.1) is 10.2 Å². The van der Waals surface area contributed by atoms with E-state index in [1.54, 1.807) is 0 Å². The zero-order valence-electron chi connectivity index (χ0n) is 16.0. The molecule has 3 aromatic rings. The van der Waals surface area contributed by atoms with Gasteiger partial charge in [0.15, 0.2) is 21.5 Å². The molecule has 0 saturated carbocycles. The third-order valence-electron chi connectivity index (χ3n) is 4.45. The fourth-order valence-electron chi connectivity index (χ4n) is 2.76. The Morgan fingerprint density at radius 2 is 1.45 bits per heavy atom. The first-order valence-corrected chi connectivity index (χ1v) is 10.3. The van der Waals surface area contributed by atoms with Crippen LogP contribution < -0.4 is 0 Å². The second-order valence-corrected chi connectivity index (χ2v) is 8.70. The summed E-state index contributed by atoms with van der Waals surface area (Å²) in [6, 6.07) is 4.47. The van der Waals surface area contributed by atoms with Crippen LogP contribution in [0.3, 0.4) is 0 Å². The summed E-state index contributed by atoms with van der Waals surface area (Å²) in [7, 11) is -2.73. The van der Waals surface area contributed by atoms with E-state index in [2.05, 4.69) is 15.2 Å². The molecule has 0 bridgehead atoms. The van der Waals surface area contributed by atoms with E-state index in [0.717, 1.165) is 24.3 Å². The number of rotatable bonds is 4. The number of benzene rings is 1. The van der Waals surface area contributed by atoms with Crippen molar-refractivity contribution < 1.29 is 34.8 Å². The number of sulfone groups is 1. The molecule has 2 heterocycles. The van der Waals surface area contributed by atoms with E-state index in [1.807, 2.05) is 0 Å². The van der Waals surface area contributed by atoms with Crippen LogP contribution >= 0.6 is 0 Å². The van der Waals surface area contributed by atoms with Crippen molar-refractivity contribution in [1.29, 1.82) is 0 Å². The summed E-state index contributed by atoms with van der Waals surface area (Å²) in [5, 5.41) is 7.67. The predicted molar refractivity (Wildman–Crippen MR) is 97.4 cm³/mol. The molecule has 3 rings (SSSR count). The van der Waals surface area contributed by atoms with Gasteiger partial charge in [-0.2, -0.15) is 26.3 Å². The maximum atomic E-state index is 13.1. The number of halogens is 6. The molecule has 0 aliphatic rings. The standard InChI is InChI=1S/C18H14F6N4O2S/c1-3-31(29,30)13-8-12(18(22,23)24)9-25-14(13)16-27-26-15(28(16)2)10-4-6-11(7-5-10)17(19,20)21/h4-9H,3H2,1-2H3. The molecule has 0 amide bonds. The predicted octanol–water partition coefficient (Wildman–Crippen LogP) is 4.38. The van der Waals surface area contributed by atoms with E-state index in [0.29, 0.717) is 12.3 Å². The summed E-state index contributed by atoms with van der Waals surface area (Å²) in [6.45, 7) is 1.27. The normalized spacial score (nSPS) is 12.9. The van der Waals surface area contributed by atoms with E-state index in [9.17, 15) is 34.8 Å². The van der Waals surface area contributed by atoms with Crippen molar-refractivity contribution in [3.63, 3.8) is 0 Å². The molecule has 0 radical (unpaired) electrons. The van der Waals surface area contributed by atoms with Gasteiger partial charge >= 0.3 is 12.4 Å². The summed E-state index contributed by atoms with van der Waals surface area (Å²) in [4.78, 5) is 3.01. The van der Waals surface area contributed by atoms with Gasteiger partial charge in [0, 0.05) is 18.8 Å². The number of aromatic nitrogens is 4. The summed E-state index contributed by atoms with van der Waals surface area (Å²) in [5.41, 5.74) is -2.23. The molecule has 166 valence electrons. The number of pyridine rings is 1. The van der Waals surface area contributed by atoms with Gasteiger partial charge in [0.25, 0.3) is 0 Å². The fraction of sp³-hybridized carbons (Fsp3) is 0.278. The van der Waals surface area contributed by atoms with Crippen molar-refractivity contribution in [2.24, 2.45) is 7.05 Å². The quantitative estimate of drug-likeness (QED) is 0.536. The maximum absolute atomic E-state index is 13.1. The highest BCUT2D eigenvalue weighted by Crippen LogP contribution is 2.35. The number of nitrogens with zero attached hydrogens (tertiary/aromatic N) is 4. The van der Waals surface area contributed by atoms with Crippen molar-refractivity contribution in [1.82, 2.24) is 19.7 Å². The first-order valence-electron chi connectivity index (χ1n) is 8.63. The van der Waals surface area contributed by atoms with Crippen LogP contribution in [-0.2, 0) is 29.2 Å². The molecule has 0 saturated heterocycles. The van der Waals surface area contributed by atoms with E-state index in [1.165, 1.54) is 18.5 Å².